The molecule has 2 rings (SSSR count). The van der Waals surface area contributed by atoms with Crippen molar-refractivity contribution in [2.75, 3.05) is 37.8 Å². The first-order valence-electron chi connectivity index (χ1n) is 6.15. The van der Waals surface area contributed by atoms with E-state index in [-0.39, 0.29) is 5.02 Å². The van der Waals surface area contributed by atoms with Crippen LogP contribution in [-0.4, -0.2) is 38.1 Å². The van der Waals surface area contributed by atoms with Crippen LogP contribution >= 0.6 is 11.6 Å². The van der Waals surface area contributed by atoms with Crippen LogP contribution in [0.1, 0.15) is 12.8 Å². The molecule has 1 saturated heterocycles. The first-order chi connectivity index (χ1) is 8.49. The Morgan fingerprint density at radius 1 is 1.33 bits per heavy atom. The van der Waals surface area contributed by atoms with E-state index in [1.807, 2.05) is 0 Å². The summed E-state index contributed by atoms with van der Waals surface area (Å²) in [6.07, 6.45) is 2.17. The maximum absolute atomic E-state index is 13.3. The van der Waals surface area contributed by atoms with Crippen molar-refractivity contribution in [3.8, 4) is 0 Å². The van der Waals surface area contributed by atoms with Crippen molar-refractivity contribution in [3.63, 3.8) is 0 Å². The summed E-state index contributed by atoms with van der Waals surface area (Å²) in [6.45, 7) is 1.85. The zero-order chi connectivity index (χ0) is 13.3. The van der Waals surface area contributed by atoms with Gasteiger partial charge in [-0.05, 0) is 33.0 Å². The summed E-state index contributed by atoms with van der Waals surface area (Å²) in [5, 5.41) is 0.133. The molecule has 1 fully saturated rings. The predicted molar refractivity (Wildman–Crippen MR) is 74.7 cm³/mol. The average molecular weight is 272 g/mol. The summed E-state index contributed by atoms with van der Waals surface area (Å²) in [5.41, 5.74) is 7.17. The number of piperidine rings is 1. The monoisotopic (exact) mass is 271 g/mol. The van der Waals surface area contributed by atoms with E-state index in [2.05, 4.69) is 23.9 Å². The van der Waals surface area contributed by atoms with Crippen LogP contribution in [0.15, 0.2) is 12.1 Å². The molecule has 100 valence electrons. The number of rotatable bonds is 2. The van der Waals surface area contributed by atoms with Gasteiger partial charge in [0.2, 0.25) is 0 Å². The Morgan fingerprint density at radius 3 is 2.50 bits per heavy atom. The third-order valence-electron chi connectivity index (χ3n) is 3.61. The van der Waals surface area contributed by atoms with Crippen molar-refractivity contribution in [3.05, 3.63) is 23.0 Å². The van der Waals surface area contributed by atoms with Gasteiger partial charge in [0.25, 0.3) is 0 Å². The Labute approximate surface area is 112 Å². The highest BCUT2D eigenvalue weighted by molar-refractivity contribution is 6.31. The molecule has 0 atom stereocenters. The maximum atomic E-state index is 13.3. The van der Waals surface area contributed by atoms with Crippen LogP contribution in [0.3, 0.4) is 0 Å². The number of nitrogens with two attached hydrogens (primary N) is 1. The fourth-order valence-corrected chi connectivity index (χ4v) is 2.61. The Balaban J connectivity index is 2.12. The molecule has 0 unspecified atom stereocenters. The standard InChI is InChI=1S/C13H19ClFN3/c1-17(2)9-3-5-18(6-4-9)13-7-10(14)11(15)8-12(13)16/h7-9H,3-6,16H2,1-2H3. The van der Waals surface area contributed by atoms with E-state index < -0.39 is 5.82 Å². The summed E-state index contributed by atoms with van der Waals surface area (Å²) in [4.78, 5) is 4.43. The number of hydrogen-bond donors (Lipinski definition) is 1. The van der Waals surface area contributed by atoms with Gasteiger partial charge in [-0.3, -0.25) is 0 Å². The van der Waals surface area contributed by atoms with Crippen LogP contribution in [0.5, 0.6) is 0 Å². The molecule has 1 aromatic rings. The van der Waals surface area contributed by atoms with Crippen molar-refractivity contribution in [1.82, 2.24) is 4.90 Å². The van der Waals surface area contributed by atoms with E-state index in [1.165, 1.54) is 6.07 Å². The van der Waals surface area contributed by atoms with Crippen molar-refractivity contribution in [2.45, 2.75) is 18.9 Å². The molecule has 0 radical (unpaired) electrons. The van der Waals surface area contributed by atoms with E-state index in [1.54, 1.807) is 6.07 Å². The minimum absolute atomic E-state index is 0.133. The highest BCUT2D eigenvalue weighted by atomic mass is 35.5. The van der Waals surface area contributed by atoms with Gasteiger partial charge in [0.15, 0.2) is 0 Å². The molecular weight excluding hydrogens is 253 g/mol. The molecule has 0 aliphatic carbocycles. The number of anilines is 2. The fraction of sp³-hybridized carbons (Fsp3) is 0.538. The quantitative estimate of drug-likeness (QED) is 0.840. The normalized spacial score (nSPS) is 17.5. The second-order valence-electron chi connectivity index (χ2n) is 5.01. The molecule has 3 nitrogen and oxygen atoms in total. The minimum Gasteiger partial charge on any atom is -0.397 e. The molecule has 1 heterocycles. The van der Waals surface area contributed by atoms with Crippen LogP contribution in [0, 0.1) is 5.82 Å². The maximum Gasteiger partial charge on any atom is 0.143 e. The van der Waals surface area contributed by atoms with Gasteiger partial charge < -0.3 is 15.5 Å². The van der Waals surface area contributed by atoms with E-state index in [0.717, 1.165) is 31.6 Å². The second kappa shape index (κ2) is 5.33. The topological polar surface area (TPSA) is 32.5 Å². The van der Waals surface area contributed by atoms with E-state index in [9.17, 15) is 4.39 Å². The van der Waals surface area contributed by atoms with Crippen LogP contribution in [-0.2, 0) is 0 Å². The number of nitrogens with zero attached hydrogens (tertiary/aromatic N) is 2. The first kappa shape index (κ1) is 13.4. The SMILES string of the molecule is CN(C)C1CCN(c2cc(Cl)c(F)cc2N)CC1. The highest BCUT2D eigenvalue weighted by Crippen LogP contribution is 2.31. The summed E-state index contributed by atoms with van der Waals surface area (Å²) in [5.74, 6) is -0.457. The molecule has 0 aromatic heterocycles. The first-order valence-corrected chi connectivity index (χ1v) is 6.52. The fourth-order valence-electron chi connectivity index (χ4n) is 2.45. The Hall–Kier alpha value is -1.00. The lowest BCUT2D eigenvalue weighted by Gasteiger charge is -2.37. The van der Waals surface area contributed by atoms with Gasteiger partial charge in [0, 0.05) is 25.2 Å². The molecular formula is C13H19ClFN3. The van der Waals surface area contributed by atoms with Gasteiger partial charge in [-0.25, -0.2) is 4.39 Å². The Kier molecular flexibility index (Phi) is 3.97. The number of nitrogen functional groups attached to an aromatic ring is 1. The zero-order valence-corrected chi connectivity index (χ0v) is 11.5. The van der Waals surface area contributed by atoms with Crippen LogP contribution in [0.25, 0.3) is 0 Å². The zero-order valence-electron chi connectivity index (χ0n) is 10.8. The van der Waals surface area contributed by atoms with Gasteiger partial charge in [-0.15, -0.1) is 0 Å². The Bertz CT molecular complexity index is 428. The summed E-state index contributed by atoms with van der Waals surface area (Å²) in [7, 11) is 4.20. The number of benzene rings is 1. The molecule has 0 spiro atoms. The molecule has 0 saturated carbocycles. The van der Waals surface area contributed by atoms with Crippen molar-refractivity contribution in [1.29, 1.82) is 0 Å². The summed E-state index contributed by atoms with van der Waals surface area (Å²) >= 11 is 5.82. The number of halogens is 2. The lowest BCUT2D eigenvalue weighted by atomic mass is 10.0. The van der Waals surface area contributed by atoms with Crippen molar-refractivity contribution < 1.29 is 4.39 Å². The molecule has 0 amide bonds. The lowest BCUT2D eigenvalue weighted by Crippen LogP contribution is -2.42. The third kappa shape index (κ3) is 2.70. The second-order valence-corrected chi connectivity index (χ2v) is 5.41. The third-order valence-corrected chi connectivity index (χ3v) is 3.89. The van der Waals surface area contributed by atoms with Crippen LogP contribution in [0.2, 0.25) is 5.02 Å². The lowest BCUT2D eigenvalue weighted by molar-refractivity contribution is 0.250. The molecule has 2 N–H and O–H groups in total. The van der Waals surface area contributed by atoms with Gasteiger partial charge in [-0.1, -0.05) is 11.6 Å². The highest BCUT2D eigenvalue weighted by Gasteiger charge is 2.22. The van der Waals surface area contributed by atoms with Gasteiger partial charge in [0.05, 0.1) is 16.4 Å². The largest absolute Gasteiger partial charge is 0.397 e. The van der Waals surface area contributed by atoms with Gasteiger partial charge >= 0.3 is 0 Å². The smallest absolute Gasteiger partial charge is 0.143 e. The van der Waals surface area contributed by atoms with Crippen molar-refractivity contribution in [2.24, 2.45) is 0 Å². The summed E-state index contributed by atoms with van der Waals surface area (Å²) < 4.78 is 13.3. The van der Waals surface area contributed by atoms with E-state index >= 15 is 0 Å². The van der Waals surface area contributed by atoms with Gasteiger partial charge in [-0.2, -0.15) is 0 Å². The van der Waals surface area contributed by atoms with Gasteiger partial charge in [0.1, 0.15) is 5.82 Å². The van der Waals surface area contributed by atoms with Crippen LogP contribution < -0.4 is 10.6 Å². The molecule has 1 aliphatic rings. The molecule has 1 aromatic carbocycles. The molecule has 1 aliphatic heterocycles. The van der Waals surface area contributed by atoms with Crippen LogP contribution in [0.4, 0.5) is 15.8 Å². The van der Waals surface area contributed by atoms with Crippen molar-refractivity contribution >= 4 is 23.0 Å². The predicted octanol–water partition coefficient (Wildman–Crippen LogP) is 2.59. The minimum atomic E-state index is -0.457. The summed E-state index contributed by atoms with van der Waals surface area (Å²) in [6, 6.07) is 3.54. The molecule has 18 heavy (non-hydrogen) atoms. The molecule has 5 heteroatoms. The van der Waals surface area contributed by atoms with E-state index in [0.29, 0.717) is 11.7 Å². The average Bonchev–Trinajstić information content (AvgIpc) is 2.34. The molecule has 0 bridgehead atoms. The number of hydrogen-bond acceptors (Lipinski definition) is 3. The Morgan fingerprint density at radius 2 is 1.94 bits per heavy atom. The van der Waals surface area contributed by atoms with E-state index in [4.69, 9.17) is 17.3 Å².